The summed E-state index contributed by atoms with van der Waals surface area (Å²) in [6.45, 7) is 7.09. The zero-order valence-corrected chi connectivity index (χ0v) is 25.4. The molecule has 3 amide bonds. The number of hydrogen-bond donors (Lipinski definition) is 3. The quantitative estimate of drug-likeness (QED) is 0.189. The molecule has 0 bridgehead atoms. The minimum atomic E-state index is -4.57. The van der Waals surface area contributed by atoms with Crippen molar-refractivity contribution in [2.75, 3.05) is 34.0 Å². The van der Waals surface area contributed by atoms with E-state index in [0.29, 0.717) is 34.7 Å². The second-order valence-corrected chi connectivity index (χ2v) is 11.2. The molecule has 1 aliphatic heterocycles. The van der Waals surface area contributed by atoms with Crippen molar-refractivity contribution in [3.05, 3.63) is 101 Å². The van der Waals surface area contributed by atoms with Crippen molar-refractivity contribution < 1.29 is 22.8 Å². The summed E-state index contributed by atoms with van der Waals surface area (Å²) in [4.78, 5) is 38.5. The van der Waals surface area contributed by atoms with E-state index in [2.05, 4.69) is 45.8 Å². The molecule has 3 N–H and O–H groups in total. The fraction of sp³-hybridized carbons (Fsp3) is 0.273. The van der Waals surface area contributed by atoms with Crippen molar-refractivity contribution in [1.82, 2.24) is 15.3 Å². The van der Waals surface area contributed by atoms with Gasteiger partial charge in [-0.2, -0.15) is 18.2 Å². The van der Waals surface area contributed by atoms with Crippen molar-refractivity contribution in [3.8, 4) is 0 Å². The van der Waals surface area contributed by atoms with Gasteiger partial charge < -0.3 is 16.0 Å². The highest BCUT2D eigenvalue weighted by Gasteiger charge is 2.32. The molecule has 4 aromatic rings. The van der Waals surface area contributed by atoms with Gasteiger partial charge in [0.1, 0.15) is 5.82 Å². The molecular weight excluding hydrogens is 583 g/mol. The van der Waals surface area contributed by atoms with Gasteiger partial charge in [-0.25, -0.2) is 9.78 Å². The smallest absolute Gasteiger partial charge is 0.324 e. The third-order valence-corrected chi connectivity index (χ3v) is 7.36. The molecule has 0 aliphatic carbocycles. The maximum absolute atomic E-state index is 13.6. The largest absolute Gasteiger partial charge is 0.416 e. The molecule has 12 heteroatoms. The lowest BCUT2D eigenvalue weighted by molar-refractivity contribution is -0.137. The normalized spacial score (nSPS) is 13.2. The third-order valence-electron chi connectivity index (χ3n) is 7.36. The molecule has 1 aromatic heterocycles. The standard InChI is InChI=1S/C33H34F3N7O2/c1-20(2)37-14-13-22-7-5-10-26(15-22)40-31-38-18-24-19-43(32(45)42(4)29(24)41-31)28-17-27(12-11-21(28)3)39-30(44)23-8-6-9-25(16-23)33(34,35)36/h5-12,15-18,20,37H,13-14,19H2,1-4H3,(H,39,44)(H,38,40,41). The molecule has 0 unspecified atom stereocenters. The Hall–Kier alpha value is -4.97. The summed E-state index contributed by atoms with van der Waals surface area (Å²) in [5, 5.41) is 9.29. The number of hydrogen-bond acceptors (Lipinski definition) is 6. The fourth-order valence-electron chi connectivity index (χ4n) is 5.01. The highest BCUT2D eigenvalue weighted by Crippen LogP contribution is 2.34. The van der Waals surface area contributed by atoms with Crippen LogP contribution in [0.3, 0.4) is 0 Å². The Morgan fingerprint density at radius 2 is 1.80 bits per heavy atom. The number of aryl methyl sites for hydroxylation is 1. The first-order valence-electron chi connectivity index (χ1n) is 14.5. The lowest BCUT2D eigenvalue weighted by atomic mass is 10.1. The average molecular weight is 618 g/mol. The molecule has 0 atom stereocenters. The topological polar surface area (TPSA) is 102 Å². The zero-order chi connectivity index (χ0) is 32.3. The number of carbonyl (C=O) groups excluding carboxylic acids is 2. The average Bonchev–Trinajstić information content (AvgIpc) is 3.00. The molecule has 0 spiro atoms. The van der Waals surface area contributed by atoms with Crippen LogP contribution in [-0.4, -0.2) is 41.5 Å². The van der Waals surface area contributed by atoms with E-state index in [0.717, 1.165) is 41.9 Å². The van der Waals surface area contributed by atoms with Crippen LogP contribution in [0.5, 0.6) is 0 Å². The van der Waals surface area contributed by atoms with Crippen molar-refractivity contribution in [1.29, 1.82) is 0 Å². The second-order valence-electron chi connectivity index (χ2n) is 11.2. The highest BCUT2D eigenvalue weighted by molar-refractivity contribution is 6.07. The van der Waals surface area contributed by atoms with Crippen LogP contribution in [0.15, 0.2) is 72.9 Å². The Morgan fingerprint density at radius 3 is 2.56 bits per heavy atom. The highest BCUT2D eigenvalue weighted by atomic mass is 19.4. The van der Waals surface area contributed by atoms with Crippen molar-refractivity contribution >= 4 is 40.8 Å². The molecule has 2 heterocycles. The van der Waals surface area contributed by atoms with Gasteiger partial charge in [0.2, 0.25) is 5.95 Å². The number of aromatic nitrogens is 2. The zero-order valence-electron chi connectivity index (χ0n) is 25.4. The van der Waals surface area contributed by atoms with E-state index < -0.39 is 17.6 Å². The van der Waals surface area contributed by atoms with E-state index in [1.807, 2.05) is 25.1 Å². The number of alkyl halides is 3. The van der Waals surface area contributed by atoms with E-state index in [-0.39, 0.29) is 18.1 Å². The van der Waals surface area contributed by atoms with Crippen LogP contribution in [-0.2, 0) is 19.1 Å². The maximum atomic E-state index is 13.6. The fourth-order valence-corrected chi connectivity index (χ4v) is 5.01. The molecule has 1 aliphatic rings. The lowest BCUT2D eigenvalue weighted by Crippen LogP contribution is -2.46. The van der Waals surface area contributed by atoms with Gasteiger partial charge in [0.25, 0.3) is 5.91 Å². The molecule has 0 saturated carbocycles. The predicted octanol–water partition coefficient (Wildman–Crippen LogP) is 6.92. The van der Waals surface area contributed by atoms with Gasteiger partial charge in [0.05, 0.1) is 17.8 Å². The molecule has 5 rings (SSSR count). The first-order valence-corrected chi connectivity index (χ1v) is 14.5. The van der Waals surface area contributed by atoms with Crippen LogP contribution >= 0.6 is 0 Å². The van der Waals surface area contributed by atoms with Crippen LogP contribution in [0.2, 0.25) is 0 Å². The van der Waals surface area contributed by atoms with Crippen LogP contribution in [0, 0.1) is 6.92 Å². The number of fused-ring (bicyclic) bond motifs is 1. The lowest BCUT2D eigenvalue weighted by Gasteiger charge is -2.35. The summed E-state index contributed by atoms with van der Waals surface area (Å²) in [5.41, 5.74) is 3.30. The molecule has 0 radical (unpaired) electrons. The number of benzene rings is 3. The Balaban J connectivity index is 1.32. The Kier molecular flexibility index (Phi) is 9.05. The number of halogens is 3. The summed E-state index contributed by atoms with van der Waals surface area (Å²) in [5.74, 6) is 0.127. The number of amides is 3. The van der Waals surface area contributed by atoms with Gasteiger partial charge >= 0.3 is 12.2 Å². The number of urea groups is 1. The third kappa shape index (κ3) is 7.40. The van der Waals surface area contributed by atoms with Crippen molar-refractivity contribution in [2.45, 2.75) is 46.0 Å². The van der Waals surface area contributed by atoms with Crippen LogP contribution in [0.25, 0.3) is 0 Å². The minimum absolute atomic E-state index is 0.133. The Labute approximate surface area is 259 Å². The van der Waals surface area contributed by atoms with E-state index in [1.165, 1.54) is 17.0 Å². The summed E-state index contributed by atoms with van der Waals surface area (Å²) < 4.78 is 39.4. The number of carbonyl (C=O) groups is 2. The molecular formula is C33H34F3N7O2. The Morgan fingerprint density at radius 1 is 1.02 bits per heavy atom. The summed E-state index contributed by atoms with van der Waals surface area (Å²) >= 11 is 0. The van der Waals surface area contributed by atoms with Crippen molar-refractivity contribution in [2.24, 2.45) is 0 Å². The number of rotatable bonds is 9. The summed E-state index contributed by atoms with van der Waals surface area (Å²) in [6.07, 6.45) is -2.02. The monoisotopic (exact) mass is 617 g/mol. The predicted molar refractivity (Wildman–Crippen MR) is 169 cm³/mol. The first kappa shape index (κ1) is 31.5. The van der Waals surface area contributed by atoms with Gasteiger partial charge in [-0.3, -0.25) is 14.6 Å². The molecule has 3 aromatic carbocycles. The van der Waals surface area contributed by atoms with Gasteiger partial charge in [-0.15, -0.1) is 0 Å². The first-order chi connectivity index (χ1) is 21.4. The van der Waals surface area contributed by atoms with Crippen molar-refractivity contribution in [3.63, 3.8) is 0 Å². The van der Waals surface area contributed by atoms with Crippen LogP contribution in [0.4, 0.5) is 46.8 Å². The number of nitrogens with zero attached hydrogens (tertiary/aromatic N) is 4. The van der Waals surface area contributed by atoms with E-state index in [4.69, 9.17) is 0 Å². The maximum Gasteiger partial charge on any atom is 0.416 e. The van der Waals surface area contributed by atoms with Gasteiger partial charge in [-0.1, -0.05) is 38.1 Å². The number of nitrogens with one attached hydrogen (secondary N) is 3. The molecule has 0 saturated heterocycles. The van der Waals surface area contributed by atoms with Gasteiger partial charge in [0, 0.05) is 41.8 Å². The molecule has 0 fully saturated rings. The molecule has 234 valence electrons. The van der Waals surface area contributed by atoms with Gasteiger partial charge in [0.15, 0.2) is 0 Å². The SMILES string of the molecule is Cc1ccc(NC(=O)c2cccc(C(F)(F)F)c2)cc1N1Cc2cnc(Nc3cccc(CCNC(C)C)c3)nc2N(C)C1=O. The van der Waals surface area contributed by atoms with Crippen LogP contribution in [0.1, 0.15) is 46.5 Å². The van der Waals surface area contributed by atoms with E-state index in [1.54, 1.807) is 36.3 Å². The van der Waals surface area contributed by atoms with E-state index in [9.17, 15) is 22.8 Å². The summed E-state index contributed by atoms with van der Waals surface area (Å²) in [7, 11) is 1.63. The van der Waals surface area contributed by atoms with E-state index >= 15 is 0 Å². The summed E-state index contributed by atoms with van der Waals surface area (Å²) in [6, 6.07) is 17.3. The minimum Gasteiger partial charge on any atom is -0.324 e. The molecule has 9 nitrogen and oxygen atoms in total. The number of anilines is 5. The van der Waals surface area contributed by atoms with Crippen LogP contribution < -0.4 is 25.8 Å². The Bertz CT molecular complexity index is 1730. The molecule has 45 heavy (non-hydrogen) atoms. The van der Waals surface area contributed by atoms with Gasteiger partial charge in [-0.05, 0) is 73.5 Å². The second kappa shape index (κ2) is 12.9.